The highest BCUT2D eigenvalue weighted by Gasteiger charge is 2.26. The molecule has 0 aliphatic carbocycles. The molecule has 1 unspecified atom stereocenters. The Morgan fingerprint density at radius 2 is 1.83 bits per heavy atom. The third kappa shape index (κ3) is 2.57. The number of aliphatic hydroxyl groups is 1. The smallest absolute Gasteiger partial charge is 0.123 e. The van der Waals surface area contributed by atoms with Gasteiger partial charge in [-0.3, -0.25) is 0 Å². The Bertz CT molecular complexity index is 531. The van der Waals surface area contributed by atoms with Gasteiger partial charge in [-0.25, -0.2) is 4.39 Å². The molecule has 0 spiro atoms. The fourth-order valence-corrected chi connectivity index (χ4v) is 2.57. The zero-order valence-corrected chi connectivity index (χ0v) is 11.3. The number of aromatic nitrogens is 2. The molecule has 0 amide bonds. The minimum Gasteiger partial charge on any atom is -0.383 e. The first-order chi connectivity index (χ1) is 8.39. The summed E-state index contributed by atoms with van der Waals surface area (Å²) in [5.74, 6) is -0.315. The van der Waals surface area contributed by atoms with Crippen molar-refractivity contribution in [2.24, 2.45) is 0 Å². The van der Waals surface area contributed by atoms with Crippen LogP contribution in [-0.4, -0.2) is 14.7 Å². The number of halogens is 1. The molecule has 5 heteroatoms. The second-order valence-electron chi connectivity index (χ2n) is 5.19. The highest BCUT2D eigenvalue weighted by molar-refractivity contribution is 7.05. The Morgan fingerprint density at radius 1 is 1.22 bits per heavy atom. The van der Waals surface area contributed by atoms with Crippen molar-refractivity contribution in [2.75, 3.05) is 0 Å². The standard InChI is InChI=1S/C13H15FN2OS/c1-13(2,3)12-11(18-16-15-12)10(17)8-4-6-9(14)7-5-8/h4-7,10,17H,1-3H3. The zero-order valence-electron chi connectivity index (χ0n) is 10.5. The lowest BCUT2D eigenvalue weighted by Gasteiger charge is -2.19. The van der Waals surface area contributed by atoms with Gasteiger partial charge in [-0.2, -0.15) is 0 Å². The summed E-state index contributed by atoms with van der Waals surface area (Å²) in [6.45, 7) is 6.06. The highest BCUT2D eigenvalue weighted by Crippen LogP contribution is 2.33. The van der Waals surface area contributed by atoms with Crippen molar-refractivity contribution in [1.82, 2.24) is 9.59 Å². The first kappa shape index (κ1) is 13.1. The van der Waals surface area contributed by atoms with E-state index in [2.05, 4.69) is 9.59 Å². The summed E-state index contributed by atoms with van der Waals surface area (Å²) in [4.78, 5) is 0.717. The lowest BCUT2D eigenvalue weighted by atomic mass is 9.89. The molecule has 0 aliphatic rings. The molecule has 0 fully saturated rings. The topological polar surface area (TPSA) is 46.0 Å². The number of hydrogen-bond donors (Lipinski definition) is 1. The van der Waals surface area contributed by atoms with Gasteiger partial charge in [0, 0.05) is 5.41 Å². The van der Waals surface area contributed by atoms with Crippen LogP contribution in [0.1, 0.15) is 43.0 Å². The monoisotopic (exact) mass is 266 g/mol. The van der Waals surface area contributed by atoms with Crippen LogP contribution in [0.15, 0.2) is 24.3 Å². The van der Waals surface area contributed by atoms with Crippen molar-refractivity contribution in [1.29, 1.82) is 0 Å². The van der Waals surface area contributed by atoms with Gasteiger partial charge in [0.1, 0.15) is 11.9 Å². The second-order valence-corrected chi connectivity index (χ2v) is 5.98. The van der Waals surface area contributed by atoms with Gasteiger partial charge in [0.15, 0.2) is 0 Å². The van der Waals surface area contributed by atoms with Crippen molar-refractivity contribution in [3.8, 4) is 0 Å². The molecule has 0 radical (unpaired) electrons. The largest absolute Gasteiger partial charge is 0.383 e. The molecule has 2 aromatic rings. The van der Waals surface area contributed by atoms with E-state index >= 15 is 0 Å². The van der Waals surface area contributed by atoms with E-state index in [0.29, 0.717) is 10.4 Å². The fourth-order valence-electron chi connectivity index (χ4n) is 1.69. The van der Waals surface area contributed by atoms with E-state index in [0.717, 1.165) is 5.69 Å². The molecular weight excluding hydrogens is 251 g/mol. The zero-order chi connectivity index (χ0) is 13.3. The maximum Gasteiger partial charge on any atom is 0.123 e. The SMILES string of the molecule is CC(C)(C)c1nnsc1C(O)c1ccc(F)cc1. The Balaban J connectivity index is 2.37. The van der Waals surface area contributed by atoms with Gasteiger partial charge >= 0.3 is 0 Å². The Kier molecular flexibility index (Phi) is 3.45. The predicted octanol–water partition coefficient (Wildman–Crippen LogP) is 3.06. The molecular formula is C13H15FN2OS. The minimum atomic E-state index is -0.806. The van der Waals surface area contributed by atoms with E-state index in [1.165, 1.54) is 23.7 Å². The number of hydrogen-bond acceptors (Lipinski definition) is 4. The van der Waals surface area contributed by atoms with Crippen molar-refractivity contribution in [3.05, 3.63) is 46.2 Å². The number of nitrogens with zero attached hydrogens (tertiary/aromatic N) is 2. The van der Waals surface area contributed by atoms with Gasteiger partial charge in [0.2, 0.25) is 0 Å². The normalized spacial score (nSPS) is 13.6. The van der Waals surface area contributed by atoms with E-state index in [9.17, 15) is 9.50 Å². The molecule has 0 saturated heterocycles. The van der Waals surface area contributed by atoms with Crippen LogP contribution in [-0.2, 0) is 5.41 Å². The lowest BCUT2D eigenvalue weighted by molar-refractivity contribution is 0.221. The molecule has 1 atom stereocenters. The molecule has 0 aliphatic heterocycles. The molecule has 0 bridgehead atoms. The van der Waals surface area contributed by atoms with Gasteiger partial charge in [-0.15, -0.1) is 5.10 Å². The van der Waals surface area contributed by atoms with E-state index < -0.39 is 6.10 Å². The average molecular weight is 266 g/mol. The van der Waals surface area contributed by atoms with Gasteiger partial charge in [-0.05, 0) is 29.2 Å². The third-order valence-electron chi connectivity index (χ3n) is 2.66. The summed E-state index contributed by atoms with van der Waals surface area (Å²) in [6.07, 6.45) is -0.806. The summed E-state index contributed by atoms with van der Waals surface area (Å²) >= 11 is 1.18. The van der Waals surface area contributed by atoms with Crippen molar-refractivity contribution < 1.29 is 9.50 Å². The van der Waals surface area contributed by atoms with Crippen molar-refractivity contribution in [2.45, 2.75) is 32.3 Å². The highest BCUT2D eigenvalue weighted by atomic mass is 32.1. The molecule has 0 saturated carbocycles. The van der Waals surface area contributed by atoms with Gasteiger partial charge in [0.25, 0.3) is 0 Å². The first-order valence-corrected chi connectivity index (χ1v) is 6.43. The molecule has 1 aromatic heterocycles. The van der Waals surface area contributed by atoms with Gasteiger partial charge in [-0.1, -0.05) is 37.4 Å². The van der Waals surface area contributed by atoms with Crippen LogP contribution in [0.5, 0.6) is 0 Å². The first-order valence-electron chi connectivity index (χ1n) is 5.66. The number of benzene rings is 1. The Labute approximate surface area is 109 Å². The van der Waals surface area contributed by atoms with E-state index in [1.807, 2.05) is 20.8 Å². The summed E-state index contributed by atoms with van der Waals surface area (Å²) in [5.41, 5.74) is 1.25. The Morgan fingerprint density at radius 3 is 2.39 bits per heavy atom. The van der Waals surface area contributed by atoms with E-state index in [4.69, 9.17) is 0 Å². The quantitative estimate of drug-likeness (QED) is 0.908. The van der Waals surface area contributed by atoms with Crippen LogP contribution < -0.4 is 0 Å². The Hall–Kier alpha value is -1.33. The lowest BCUT2D eigenvalue weighted by Crippen LogP contribution is -2.16. The van der Waals surface area contributed by atoms with Crippen LogP contribution in [0.3, 0.4) is 0 Å². The maximum absolute atomic E-state index is 12.9. The summed E-state index contributed by atoms with van der Waals surface area (Å²) in [7, 11) is 0. The number of rotatable bonds is 2. The van der Waals surface area contributed by atoms with Crippen molar-refractivity contribution in [3.63, 3.8) is 0 Å². The van der Waals surface area contributed by atoms with Crippen LogP contribution in [0, 0.1) is 5.82 Å². The van der Waals surface area contributed by atoms with Crippen LogP contribution in [0.4, 0.5) is 4.39 Å². The molecule has 1 N–H and O–H groups in total. The third-order valence-corrected chi connectivity index (χ3v) is 3.43. The summed E-state index contributed by atoms with van der Waals surface area (Å²) in [6, 6.07) is 5.83. The van der Waals surface area contributed by atoms with Crippen LogP contribution in [0.2, 0.25) is 0 Å². The second kappa shape index (κ2) is 4.74. The van der Waals surface area contributed by atoms with Gasteiger partial charge < -0.3 is 5.11 Å². The molecule has 18 heavy (non-hydrogen) atoms. The van der Waals surface area contributed by atoms with Gasteiger partial charge in [0.05, 0.1) is 10.6 Å². The summed E-state index contributed by atoms with van der Waals surface area (Å²) < 4.78 is 16.8. The average Bonchev–Trinajstić information content (AvgIpc) is 2.77. The molecule has 2 rings (SSSR count). The fraction of sp³-hybridized carbons (Fsp3) is 0.385. The van der Waals surface area contributed by atoms with Crippen LogP contribution in [0.25, 0.3) is 0 Å². The molecule has 1 aromatic carbocycles. The molecule has 1 heterocycles. The molecule has 96 valence electrons. The number of aliphatic hydroxyl groups excluding tert-OH is 1. The predicted molar refractivity (Wildman–Crippen MR) is 69.1 cm³/mol. The van der Waals surface area contributed by atoms with E-state index in [-0.39, 0.29) is 11.2 Å². The summed E-state index contributed by atoms with van der Waals surface area (Å²) in [5, 5.41) is 14.4. The maximum atomic E-state index is 12.9. The van der Waals surface area contributed by atoms with Crippen LogP contribution >= 0.6 is 11.5 Å². The van der Waals surface area contributed by atoms with E-state index in [1.54, 1.807) is 12.1 Å². The minimum absolute atomic E-state index is 0.177. The van der Waals surface area contributed by atoms with Crippen molar-refractivity contribution >= 4 is 11.5 Å². The molecule has 3 nitrogen and oxygen atoms in total.